The first kappa shape index (κ1) is 16.9. The predicted octanol–water partition coefficient (Wildman–Crippen LogP) is 1.81. The second-order valence-corrected chi connectivity index (χ2v) is 6.49. The first-order chi connectivity index (χ1) is 11.6. The fraction of sp³-hybridized carbons (Fsp3) is 0.556. The van der Waals surface area contributed by atoms with Gasteiger partial charge in [-0.05, 0) is 25.1 Å². The number of carboxylic acid groups (broad SMARTS) is 1. The molecule has 130 valence electrons. The smallest absolute Gasteiger partial charge is 0.328 e. The van der Waals surface area contributed by atoms with Crippen molar-refractivity contribution in [3.05, 3.63) is 35.9 Å². The molecule has 2 fully saturated rings. The number of rotatable bonds is 4. The Morgan fingerprint density at radius 1 is 1.25 bits per heavy atom. The first-order valence-electron chi connectivity index (χ1n) is 8.55. The highest BCUT2D eigenvalue weighted by molar-refractivity contribution is 5.97. The van der Waals surface area contributed by atoms with E-state index in [0.717, 1.165) is 26.1 Å². The number of hydrogen-bond donors (Lipinski definition) is 1. The van der Waals surface area contributed by atoms with Crippen molar-refractivity contribution >= 4 is 11.9 Å². The second-order valence-electron chi connectivity index (χ2n) is 6.49. The Kier molecular flexibility index (Phi) is 4.87. The minimum Gasteiger partial charge on any atom is -0.480 e. The summed E-state index contributed by atoms with van der Waals surface area (Å²) in [6.07, 6.45) is 2.38. The van der Waals surface area contributed by atoms with Gasteiger partial charge >= 0.3 is 5.97 Å². The van der Waals surface area contributed by atoms with Gasteiger partial charge in [0.2, 0.25) is 0 Å². The Morgan fingerprint density at radius 2 is 1.92 bits per heavy atom. The predicted molar refractivity (Wildman–Crippen MR) is 88.7 cm³/mol. The summed E-state index contributed by atoms with van der Waals surface area (Å²) in [6.45, 7) is 4.85. The highest BCUT2D eigenvalue weighted by Crippen LogP contribution is 2.38. The van der Waals surface area contributed by atoms with E-state index in [1.54, 1.807) is 24.3 Å². The lowest BCUT2D eigenvalue weighted by Gasteiger charge is -2.44. The molecule has 0 aromatic heterocycles. The lowest BCUT2D eigenvalue weighted by molar-refractivity contribution is -0.143. The van der Waals surface area contributed by atoms with Crippen LogP contribution in [0.2, 0.25) is 0 Å². The van der Waals surface area contributed by atoms with Crippen LogP contribution in [0.3, 0.4) is 0 Å². The van der Waals surface area contributed by atoms with Crippen molar-refractivity contribution in [2.75, 3.05) is 26.2 Å². The number of nitrogens with zero attached hydrogens (tertiary/aromatic N) is 2. The average molecular weight is 332 g/mol. The molecule has 2 saturated heterocycles. The maximum absolute atomic E-state index is 13.0. The van der Waals surface area contributed by atoms with Crippen LogP contribution in [0, 0.1) is 0 Å². The number of aliphatic carboxylic acids is 1. The number of ether oxygens (including phenoxy) is 1. The highest BCUT2D eigenvalue weighted by atomic mass is 16.5. The third-order valence-corrected chi connectivity index (χ3v) is 4.96. The van der Waals surface area contributed by atoms with Gasteiger partial charge in [0.1, 0.15) is 5.72 Å². The average Bonchev–Trinajstić information content (AvgIpc) is 2.97. The minimum absolute atomic E-state index is 0.0572. The molecule has 0 saturated carbocycles. The molecule has 24 heavy (non-hydrogen) atoms. The molecule has 1 amide bonds. The van der Waals surface area contributed by atoms with E-state index in [0.29, 0.717) is 18.4 Å². The molecule has 1 aromatic carbocycles. The Balaban J connectivity index is 1.86. The van der Waals surface area contributed by atoms with Crippen LogP contribution in [-0.4, -0.2) is 64.8 Å². The van der Waals surface area contributed by atoms with Crippen molar-refractivity contribution in [1.29, 1.82) is 0 Å². The summed E-state index contributed by atoms with van der Waals surface area (Å²) in [5.74, 6) is -1.27. The summed E-state index contributed by atoms with van der Waals surface area (Å²) in [7, 11) is 0. The van der Waals surface area contributed by atoms with Crippen LogP contribution in [0.25, 0.3) is 0 Å². The monoisotopic (exact) mass is 332 g/mol. The number of carbonyl (C=O) groups excluding carboxylic acids is 1. The quantitative estimate of drug-likeness (QED) is 0.911. The van der Waals surface area contributed by atoms with Crippen molar-refractivity contribution < 1.29 is 19.4 Å². The van der Waals surface area contributed by atoms with Crippen molar-refractivity contribution in [1.82, 2.24) is 9.80 Å². The summed E-state index contributed by atoms with van der Waals surface area (Å²) in [5, 5.41) is 9.55. The minimum atomic E-state index is -1.01. The van der Waals surface area contributed by atoms with Crippen LogP contribution < -0.4 is 0 Å². The van der Waals surface area contributed by atoms with E-state index in [1.165, 1.54) is 4.90 Å². The molecule has 2 heterocycles. The molecule has 0 bridgehead atoms. The molecule has 1 atom stereocenters. The van der Waals surface area contributed by atoms with Crippen LogP contribution >= 0.6 is 0 Å². The van der Waals surface area contributed by atoms with Crippen molar-refractivity contribution in [2.45, 2.75) is 38.0 Å². The van der Waals surface area contributed by atoms with Gasteiger partial charge in [0.25, 0.3) is 5.91 Å². The number of carbonyl (C=O) groups is 2. The zero-order chi connectivity index (χ0) is 17.2. The molecule has 6 heteroatoms. The summed E-state index contributed by atoms with van der Waals surface area (Å²) >= 11 is 0. The highest BCUT2D eigenvalue weighted by Gasteiger charge is 2.53. The summed E-state index contributed by atoms with van der Waals surface area (Å²) < 4.78 is 5.93. The van der Waals surface area contributed by atoms with Gasteiger partial charge < -0.3 is 14.7 Å². The van der Waals surface area contributed by atoms with Gasteiger partial charge in [-0.2, -0.15) is 0 Å². The number of hydrogen-bond acceptors (Lipinski definition) is 4. The van der Waals surface area contributed by atoms with E-state index < -0.39 is 17.7 Å². The molecule has 1 spiro atoms. The van der Waals surface area contributed by atoms with Gasteiger partial charge in [-0.1, -0.05) is 25.1 Å². The molecule has 1 N–H and O–H groups in total. The van der Waals surface area contributed by atoms with Gasteiger partial charge in [0.05, 0.1) is 6.61 Å². The summed E-state index contributed by atoms with van der Waals surface area (Å²) in [6, 6.07) is 7.94. The number of piperidine rings is 1. The largest absolute Gasteiger partial charge is 0.480 e. The van der Waals surface area contributed by atoms with Crippen LogP contribution in [0.4, 0.5) is 0 Å². The van der Waals surface area contributed by atoms with Gasteiger partial charge in [-0.25, -0.2) is 4.79 Å². The van der Waals surface area contributed by atoms with Gasteiger partial charge in [0.15, 0.2) is 6.04 Å². The summed E-state index contributed by atoms with van der Waals surface area (Å²) in [5.41, 5.74) is -0.287. The Morgan fingerprint density at radius 3 is 2.50 bits per heavy atom. The second kappa shape index (κ2) is 6.91. The maximum atomic E-state index is 13.0. The SMILES string of the molecule is CCCN1CCC2(CC1)OCC(C(=O)O)N2C(=O)c1ccccc1. The fourth-order valence-electron chi connectivity index (χ4n) is 3.72. The molecular formula is C18H24N2O4. The Hall–Kier alpha value is -1.92. The lowest BCUT2D eigenvalue weighted by atomic mass is 9.96. The van der Waals surface area contributed by atoms with E-state index >= 15 is 0 Å². The third-order valence-electron chi connectivity index (χ3n) is 4.96. The number of amides is 1. The zero-order valence-electron chi connectivity index (χ0n) is 14.0. The van der Waals surface area contributed by atoms with Crippen molar-refractivity contribution in [3.63, 3.8) is 0 Å². The normalized spacial score (nSPS) is 23.5. The molecular weight excluding hydrogens is 308 g/mol. The molecule has 1 unspecified atom stereocenters. The van der Waals surface area contributed by atoms with Gasteiger partial charge in [-0.15, -0.1) is 0 Å². The van der Waals surface area contributed by atoms with Crippen molar-refractivity contribution in [2.24, 2.45) is 0 Å². The zero-order valence-corrected chi connectivity index (χ0v) is 14.0. The molecule has 3 rings (SSSR count). The third kappa shape index (κ3) is 3.03. The van der Waals surface area contributed by atoms with Crippen LogP contribution in [0.15, 0.2) is 30.3 Å². The van der Waals surface area contributed by atoms with Crippen LogP contribution in [-0.2, 0) is 9.53 Å². The Bertz CT molecular complexity index is 596. The number of benzene rings is 1. The maximum Gasteiger partial charge on any atom is 0.328 e. The van der Waals surface area contributed by atoms with E-state index in [2.05, 4.69) is 11.8 Å². The fourth-order valence-corrected chi connectivity index (χ4v) is 3.72. The van der Waals surface area contributed by atoms with E-state index in [-0.39, 0.29) is 12.5 Å². The van der Waals surface area contributed by atoms with Gasteiger partial charge in [-0.3, -0.25) is 9.69 Å². The molecule has 1 aromatic rings. The summed E-state index contributed by atoms with van der Waals surface area (Å²) in [4.78, 5) is 28.5. The first-order valence-corrected chi connectivity index (χ1v) is 8.55. The number of likely N-dealkylation sites (tertiary alicyclic amines) is 1. The molecule has 2 aliphatic heterocycles. The molecule has 0 radical (unpaired) electrons. The van der Waals surface area contributed by atoms with Crippen LogP contribution in [0.5, 0.6) is 0 Å². The molecule has 6 nitrogen and oxygen atoms in total. The van der Waals surface area contributed by atoms with Crippen LogP contribution in [0.1, 0.15) is 36.5 Å². The standard InChI is InChI=1S/C18H24N2O4/c1-2-10-19-11-8-18(9-12-19)20(15(13-24-18)17(22)23)16(21)14-6-4-3-5-7-14/h3-7,15H,2,8-13H2,1H3,(H,22,23). The van der Waals surface area contributed by atoms with E-state index in [1.807, 2.05) is 6.07 Å². The Labute approximate surface area is 142 Å². The van der Waals surface area contributed by atoms with Crippen molar-refractivity contribution in [3.8, 4) is 0 Å². The lowest BCUT2D eigenvalue weighted by Crippen LogP contribution is -2.58. The van der Waals surface area contributed by atoms with E-state index in [4.69, 9.17) is 4.74 Å². The molecule has 0 aliphatic carbocycles. The molecule has 2 aliphatic rings. The van der Waals surface area contributed by atoms with E-state index in [9.17, 15) is 14.7 Å². The number of carboxylic acids is 1. The van der Waals surface area contributed by atoms with Gasteiger partial charge in [0, 0.05) is 31.5 Å². The topological polar surface area (TPSA) is 70.1 Å².